The topological polar surface area (TPSA) is 61.0 Å². The average molecular weight is 251 g/mol. The lowest BCUT2D eigenvalue weighted by Crippen LogP contribution is -1.98. The molecular weight excluding hydrogens is 238 g/mol. The van der Waals surface area contributed by atoms with Crippen LogP contribution >= 0.6 is 0 Å². The van der Waals surface area contributed by atoms with Crippen LogP contribution in [0, 0.1) is 0 Å². The summed E-state index contributed by atoms with van der Waals surface area (Å²) in [6, 6.07) is 13.5. The van der Waals surface area contributed by atoms with Gasteiger partial charge in [-0.05, 0) is 18.2 Å². The van der Waals surface area contributed by atoms with Crippen LogP contribution < -0.4 is 10.5 Å². The van der Waals surface area contributed by atoms with Crippen LogP contribution in [0.3, 0.4) is 0 Å². The van der Waals surface area contributed by atoms with E-state index in [-0.39, 0.29) is 0 Å². The average Bonchev–Trinajstić information content (AvgIpc) is 2.47. The third-order valence-corrected chi connectivity index (χ3v) is 2.84. The monoisotopic (exact) mass is 251 g/mol. The molecule has 0 aliphatic rings. The number of ether oxygens (including phenoxy) is 1. The van der Waals surface area contributed by atoms with E-state index in [0.717, 1.165) is 22.2 Å². The Morgan fingerprint density at radius 1 is 1.00 bits per heavy atom. The van der Waals surface area contributed by atoms with Gasteiger partial charge in [0, 0.05) is 23.3 Å². The maximum atomic E-state index is 5.80. The largest absolute Gasteiger partial charge is 0.487 e. The van der Waals surface area contributed by atoms with Crippen molar-refractivity contribution in [2.75, 3.05) is 5.73 Å². The number of hydrogen-bond acceptors (Lipinski definition) is 4. The molecule has 2 aromatic heterocycles. The van der Waals surface area contributed by atoms with Crippen LogP contribution in [0.2, 0.25) is 0 Å². The number of nitrogens with zero attached hydrogens (tertiary/aromatic N) is 2. The van der Waals surface area contributed by atoms with Crippen molar-refractivity contribution < 1.29 is 4.74 Å². The summed E-state index contributed by atoms with van der Waals surface area (Å²) in [6.07, 6.45) is 3.48. The molecule has 0 aliphatic heterocycles. The molecule has 4 heteroatoms. The van der Waals surface area contributed by atoms with Gasteiger partial charge in [0.2, 0.25) is 0 Å². The van der Waals surface area contributed by atoms with Crippen LogP contribution in [0.15, 0.2) is 54.9 Å². The van der Waals surface area contributed by atoms with Crippen molar-refractivity contribution in [2.45, 2.75) is 6.61 Å². The SMILES string of the molecule is Nc1ccc(COc2cccc3cccnc23)cn1. The summed E-state index contributed by atoms with van der Waals surface area (Å²) in [4.78, 5) is 8.38. The number of nitrogens with two attached hydrogens (primary N) is 1. The predicted molar refractivity (Wildman–Crippen MR) is 74.7 cm³/mol. The summed E-state index contributed by atoms with van der Waals surface area (Å²) in [5, 5.41) is 1.07. The fourth-order valence-corrected chi connectivity index (χ4v) is 1.88. The summed E-state index contributed by atoms with van der Waals surface area (Å²) in [5.41, 5.74) is 7.39. The second-order valence-corrected chi connectivity index (χ2v) is 4.21. The third kappa shape index (κ3) is 2.47. The van der Waals surface area contributed by atoms with Gasteiger partial charge in [-0.25, -0.2) is 4.98 Å². The standard InChI is InChI=1S/C15H13N3O/c16-14-7-6-11(9-18-14)10-19-13-5-1-3-12-4-2-8-17-15(12)13/h1-9H,10H2,(H2,16,18). The molecule has 0 spiro atoms. The minimum Gasteiger partial charge on any atom is -0.487 e. The van der Waals surface area contributed by atoms with Crippen molar-refractivity contribution in [3.05, 3.63) is 60.4 Å². The number of rotatable bonds is 3. The smallest absolute Gasteiger partial charge is 0.146 e. The molecule has 0 saturated carbocycles. The number of fused-ring (bicyclic) bond motifs is 1. The Balaban J connectivity index is 1.84. The Morgan fingerprint density at radius 3 is 2.74 bits per heavy atom. The first-order valence-electron chi connectivity index (χ1n) is 6.00. The molecule has 4 nitrogen and oxygen atoms in total. The lowest BCUT2D eigenvalue weighted by atomic mass is 10.2. The lowest BCUT2D eigenvalue weighted by Gasteiger charge is -2.08. The molecule has 0 saturated heterocycles. The molecule has 0 atom stereocenters. The van der Waals surface area contributed by atoms with Gasteiger partial charge in [-0.2, -0.15) is 0 Å². The summed E-state index contributed by atoms with van der Waals surface area (Å²) in [6.45, 7) is 0.447. The van der Waals surface area contributed by atoms with E-state index in [1.54, 1.807) is 18.5 Å². The van der Waals surface area contributed by atoms with Crippen LogP contribution in [0.1, 0.15) is 5.56 Å². The number of aromatic nitrogens is 2. The maximum Gasteiger partial charge on any atom is 0.146 e. The Kier molecular flexibility index (Phi) is 2.98. The van der Waals surface area contributed by atoms with Gasteiger partial charge < -0.3 is 10.5 Å². The Labute approximate surface area is 110 Å². The van der Waals surface area contributed by atoms with Crippen LogP contribution in [0.4, 0.5) is 5.82 Å². The van der Waals surface area contributed by atoms with Gasteiger partial charge in [0.05, 0.1) is 0 Å². The first-order valence-corrected chi connectivity index (χ1v) is 6.00. The van der Waals surface area contributed by atoms with Gasteiger partial charge >= 0.3 is 0 Å². The van der Waals surface area contributed by atoms with E-state index in [2.05, 4.69) is 9.97 Å². The maximum absolute atomic E-state index is 5.80. The van der Waals surface area contributed by atoms with Gasteiger partial charge in [-0.1, -0.05) is 24.3 Å². The van der Waals surface area contributed by atoms with E-state index in [0.29, 0.717) is 12.4 Å². The number of anilines is 1. The molecule has 19 heavy (non-hydrogen) atoms. The molecule has 0 amide bonds. The molecule has 0 bridgehead atoms. The van der Waals surface area contributed by atoms with E-state index in [1.165, 1.54) is 0 Å². The zero-order valence-corrected chi connectivity index (χ0v) is 10.3. The van der Waals surface area contributed by atoms with E-state index in [9.17, 15) is 0 Å². The number of hydrogen-bond donors (Lipinski definition) is 1. The van der Waals surface area contributed by atoms with Gasteiger partial charge in [0.15, 0.2) is 0 Å². The van der Waals surface area contributed by atoms with Gasteiger partial charge in [-0.3, -0.25) is 4.98 Å². The lowest BCUT2D eigenvalue weighted by molar-refractivity contribution is 0.309. The summed E-state index contributed by atoms with van der Waals surface area (Å²) in [7, 11) is 0. The summed E-state index contributed by atoms with van der Waals surface area (Å²) >= 11 is 0. The molecular formula is C15H13N3O. The highest BCUT2D eigenvalue weighted by molar-refractivity contribution is 5.84. The molecule has 0 unspecified atom stereocenters. The van der Waals surface area contributed by atoms with Gasteiger partial charge in [0.1, 0.15) is 23.7 Å². The van der Waals surface area contributed by atoms with Crippen LogP contribution in [0.25, 0.3) is 10.9 Å². The van der Waals surface area contributed by atoms with E-state index >= 15 is 0 Å². The number of nitrogen functional groups attached to an aromatic ring is 1. The molecule has 94 valence electrons. The normalized spacial score (nSPS) is 10.5. The van der Waals surface area contributed by atoms with Crippen LogP contribution in [-0.4, -0.2) is 9.97 Å². The quantitative estimate of drug-likeness (QED) is 0.777. The fourth-order valence-electron chi connectivity index (χ4n) is 1.88. The van der Waals surface area contributed by atoms with Crippen molar-refractivity contribution in [2.24, 2.45) is 0 Å². The van der Waals surface area contributed by atoms with E-state index in [1.807, 2.05) is 36.4 Å². The van der Waals surface area contributed by atoms with Crippen molar-refractivity contribution in [1.82, 2.24) is 9.97 Å². The van der Waals surface area contributed by atoms with Crippen molar-refractivity contribution in [3.63, 3.8) is 0 Å². The molecule has 0 radical (unpaired) electrons. The first kappa shape index (κ1) is 11.5. The number of pyridine rings is 2. The predicted octanol–water partition coefficient (Wildman–Crippen LogP) is 2.79. The highest BCUT2D eigenvalue weighted by Gasteiger charge is 2.03. The molecule has 1 aromatic carbocycles. The summed E-state index contributed by atoms with van der Waals surface area (Å²) in [5.74, 6) is 1.28. The third-order valence-electron chi connectivity index (χ3n) is 2.84. The minimum atomic E-state index is 0.447. The highest BCUT2D eigenvalue weighted by atomic mass is 16.5. The second-order valence-electron chi connectivity index (χ2n) is 4.21. The molecule has 3 rings (SSSR count). The van der Waals surface area contributed by atoms with E-state index < -0.39 is 0 Å². The highest BCUT2D eigenvalue weighted by Crippen LogP contribution is 2.23. The molecule has 3 aromatic rings. The van der Waals surface area contributed by atoms with Gasteiger partial charge in [0.25, 0.3) is 0 Å². The van der Waals surface area contributed by atoms with Crippen LogP contribution in [0.5, 0.6) is 5.75 Å². The molecule has 0 fully saturated rings. The second kappa shape index (κ2) is 4.94. The first-order chi connectivity index (χ1) is 9.33. The minimum absolute atomic E-state index is 0.447. The van der Waals surface area contributed by atoms with Crippen molar-refractivity contribution >= 4 is 16.7 Å². The molecule has 2 N–H and O–H groups in total. The zero-order valence-electron chi connectivity index (χ0n) is 10.3. The Bertz CT molecular complexity index is 690. The van der Waals surface area contributed by atoms with Gasteiger partial charge in [-0.15, -0.1) is 0 Å². The Morgan fingerprint density at radius 2 is 1.89 bits per heavy atom. The van der Waals surface area contributed by atoms with Crippen molar-refractivity contribution in [1.29, 1.82) is 0 Å². The van der Waals surface area contributed by atoms with Crippen molar-refractivity contribution in [3.8, 4) is 5.75 Å². The van der Waals surface area contributed by atoms with E-state index in [4.69, 9.17) is 10.5 Å². The zero-order chi connectivity index (χ0) is 13.1. The van der Waals surface area contributed by atoms with Crippen LogP contribution in [-0.2, 0) is 6.61 Å². The number of benzene rings is 1. The summed E-state index contributed by atoms with van der Waals surface area (Å²) < 4.78 is 5.80. The molecule has 2 heterocycles. The molecule has 0 aliphatic carbocycles. The Hall–Kier alpha value is -2.62. The fraction of sp³-hybridized carbons (Fsp3) is 0.0667. The number of para-hydroxylation sites is 1.